The first-order chi connectivity index (χ1) is 10.8. The van der Waals surface area contributed by atoms with Crippen molar-refractivity contribution in [3.05, 3.63) is 0 Å². The van der Waals surface area contributed by atoms with Gasteiger partial charge < -0.3 is 22.6 Å². The number of carbonyl (C=O) groups is 1. The summed E-state index contributed by atoms with van der Waals surface area (Å²) in [5.74, 6) is -0.655. The topological polar surface area (TPSA) is 115 Å². The van der Waals surface area contributed by atoms with Crippen molar-refractivity contribution in [2.75, 3.05) is 0 Å². The Balaban J connectivity index is -0.000000162. The fourth-order valence-electron chi connectivity index (χ4n) is 2.29. The minimum Gasteiger partial charge on any atom is -1.00 e. The molecule has 0 aliphatic heterocycles. The summed E-state index contributed by atoms with van der Waals surface area (Å²) in [4.78, 5) is 31.9. The Kier molecular flexibility index (Phi) is 27.0. The molecule has 6 nitrogen and oxygen atoms in total. The molecule has 0 aromatic rings. The van der Waals surface area contributed by atoms with E-state index in [-0.39, 0.29) is 40.6 Å². The molecule has 0 aliphatic rings. The molecular weight excluding hydrogens is 359 g/mol. The van der Waals surface area contributed by atoms with Crippen molar-refractivity contribution in [3.63, 3.8) is 0 Å². The maximum Gasteiger partial charge on any atom is 2.00 e. The van der Waals surface area contributed by atoms with Crippen LogP contribution in [0.1, 0.15) is 99.7 Å². The van der Waals surface area contributed by atoms with Gasteiger partial charge in [0.1, 0.15) is 0 Å². The fourth-order valence-corrected chi connectivity index (χ4v) is 2.29. The minimum atomic E-state index is -4.64. The molecule has 0 saturated carbocycles. The maximum atomic E-state index is 10.3. The molecule has 0 rings (SSSR count). The molecular formula is C16H37CaO6P. The van der Waals surface area contributed by atoms with Crippen molar-refractivity contribution in [1.29, 1.82) is 0 Å². The van der Waals surface area contributed by atoms with E-state index in [1.807, 2.05) is 0 Å². The molecule has 0 spiro atoms. The van der Waals surface area contributed by atoms with Crippen LogP contribution in [0.3, 0.4) is 0 Å². The molecule has 0 radical (unpaired) electrons. The summed E-state index contributed by atoms with van der Waals surface area (Å²) in [5, 5.41) is 8.49. The second-order valence-electron chi connectivity index (χ2n) is 5.90. The first kappa shape index (κ1) is 29.6. The maximum absolute atomic E-state index is 10.3. The number of carboxylic acids is 1. The molecule has 0 unspecified atom stereocenters. The standard InChI is InChI=1S/C16H32O2.Ca.H3O4P.2H/c1-2-3-4-5-6-7-8-9-10-11-12-13-14-15-16(17)18;;1-5(2,3)4;;/h2-15H2,1H3,(H,17,18);;(H3,1,2,3,4);;/q;+2;;2*-1. The Morgan fingerprint density at radius 3 is 1.25 bits per heavy atom. The smallest absolute Gasteiger partial charge is 1.00 e. The van der Waals surface area contributed by atoms with Gasteiger partial charge in [0.15, 0.2) is 0 Å². The van der Waals surface area contributed by atoms with E-state index in [2.05, 4.69) is 6.92 Å². The van der Waals surface area contributed by atoms with E-state index in [4.69, 9.17) is 24.4 Å². The first-order valence-electron chi connectivity index (χ1n) is 8.77. The van der Waals surface area contributed by atoms with E-state index in [0.29, 0.717) is 6.42 Å². The molecule has 0 atom stereocenters. The summed E-state index contributed by atoms with van der Waals surface area (Å²) in [6.07, 6.45) is 17.3. The van der Waals surface area contributed by atoms with E-state index in [1.165, 1.54) is 70.6 Å². The van der Waals surface area contributed by atoms with Crippen LogP contribution in [0.4, 0.5) is 0 Å². The van der Waals surface area contributed by atoms with Gasteiger partial charge in [-0.15, -0.1) is 0 Å². The zero-order chi connectivity index (χ0) is 18.0. The molecule has 24 heavy (non-hydrogen) atoms. The van der Waals surface area contributed by atoms with Gasteiger partial charge in [-0.1, -0.05) is 84.0 Å². The second-order valence-corrected chi connectivity index (χ2v) is 6.93. The molecule has 0 saturated heterocycles. The van der Waals surface area contributed by atoms with Crippen molar-refractivity contribution in [2.45, 2.75) is 96.8 Å². The molecule has 4 N–H and O–H groups in total. The van der Waals surface area contributed by atoms with E-state index < -0.39 is 13.8 Å². The van der Waals surface area contributed by atoms with Crippen LogP contribution in [0.15, 0.2) is 0 Å². The van der Waals surface area contributed by atoms with Gasteiger partial charge in [0.2, 0.25) is 0 Å². The number of unbranched alkanes of at least 4 members (excludes halogenated alkanes) is 12. The Hall–Kier alpha value is 0.840. The normalized spacial score (nSPS) is 10.5. The Morgan fingerprint density at radius 2 is 1.00 bits per heavy atom. The summed E-state index contributed by atoms with van der Waals surface area (Å²) < 4.78 is 8.88. The molecule has 0 aromatic carbocycles. The van der Waals surface area contributed by atoms with Crippen molar-refractivity contribution in [2.24, 2.45) is 0 Å². The van der Waals surface area contributed by atoms with Crippen molar-refractivity contribution in [3.8, 4) is 0 Å². The monoisotopic (exact) mass is 396 g/mol. The minimum absolute atomic E-state index is 0. The van der Waals surface area contributed by atoms with Crippen LogP contribution < -0.4 is 0 Å². The van der Waals surface area contributed by atoms with Gasteiger partial charge >= 0.3 is 51.5 Å². The molecule has 0 aromatic heterocycles. The Morgan fingerprint density at radius 1 is 0.750 bits per heavy atom. The van der Waals surface area contributed by atoms with Gasteiger partial charge in [0, 0.05) is 6.42 Å². The van der Waals surface area contributed by atoms with Gasteiger partial charge in [0.25, 0.3) is 0 Å². The van der Waals surface area contributed by atoms with Gasteiger partial charge in [-0.3, -0.25) is 4.79 Å². The SMILES string of the molecule is CCCCCCCCCCCCCCCC(=O)O.O=P(O)(O)O.[Ca+2].[H-].[H-]. The summed E-state index contributed by atoms with van der Waals surface area (Å²) in [7, 11) is -4.64. The van der Waals surface area contributed by atoms with E-state index in [0.717, 1.165) is 12.8 Å². The average molecular weight is 397 g/mol. The summed E-state index contributed by atoms with van der Waals surface area (Å²) in [5.41, 5.74) is 0. The Labute approximate surface area is 179 Å². The summed E-state index contributed by atoms with van der Waals surface area (Å²) in [6.45, 7) is 2.26. The number of hydrogen-bond acceptors (Lipinski definition) is 2. The van der Waals surface area contributed by atoms with E-state index >= 15 is 0 Å². The van der Waals surface area contributed by atoms with Gasteiger partial charge in [-0.2, -0.15) is 0 Å². The number of carboxylic acid groups (broad SMARTS) is 1. The Bertz CT molecular complexity index is 311. The van der Waals surface area contributed by atoms with Gasteiger partial charge in [-0.25, -0.2) is 4.57 Å². The number of rotatable bonds is 14. The largest absolute Gasteiger partial charge is 2.00 e. The van der Waals surface area contributed by atoms with E-state index in [1.54, 1.807) is 0 Å². The van der Waals surface area contributed by atoms with Crippen molar-refractivity contribution in [1.82, 2.24) is 0 Å². The van der Waals surface area contributed by atoms with Crippen LogP contribution in [0.5, 0.6) is 0 Å². The second kappa shape index (κ2) is 21.9. The van der Waals surface area contributed by atoms with Crippen LogP contribution in [-0.2, 0) is 9.36 Å². The van der Waals surface area contributed by atoms with Crippen molar-refractivity contribution >= 4 is 51.5 Å². The van der Waals surface area contributed by atoms with Crippen molar-refractivity contribution < 1.29 is 32.0 Å². The number of phosphoric acid groups is 1. The predicted molar refractivity (Wildman–Crippen MR) is 100 cm³/mol. The number of hydrogen-bond donors (Lipinski definition) is 4. The molecule has 0 aliphatic carbocycles. The fraction of sp³-hybridized carbons (Fsp3) is 0.938. The first-order valence-corrected chi connectivity index (χ1v) is 10.3. The van der Waals surface area contributed by atoms with Crippen LogP contribution in [0.2, 0.25) is 0 Å². The zero-order valence-electron chi connectivity index (χ0n) is 17.2. The van der Waals surface area contributed by atoms with Gasteiger partial charge in [-0.05, 0) is 6.42 Å². The molecule has 0 fully saturated rings. The summed E-state index contributed by atoms with van der Waals surface area (Å²) >= 11 is 0. The molecule has 0 heterocycles. The molecule has 0 bridgehead atoms. The van der Waals surface area contributed by atoms with Crippen LogP contribution >= 0.6 is 7.82 Å². The third-order valence-corrected chi connectivity index (χ3v) is 3.49. The van der Waals surface area contributed by atoms with E-state index in [9.17, 15) is 4.79 Å². The quantitative estimate of drug-likeness (QED) is 0.196. The molecule has 144 valence electrons. The third-order valence-electron chi connectivity index (χ3n) is 3.49. The third kappa shape index (κ3) is 43.4. The summed E-state index contributed by atoms with van der Waals surface area (Å²) in [6, 6.07) is 0. The molecule has 8 heteroatoms. The van der Waals surface area contributed by atoms with Crippen LogP contribution in [0.25, 0.3) is 0 Å². The number of aliphatic carboxylic acids is 1. The molecule has 0 amide bonds. The van der Waals surface area contributed by atoms with Crippen LogP contribution in [-0.4, -0.2) is 63.5 Å². The predicted octanol–water partition coefficient (Wildman–Crippen LogP) is 4.47. The average Bonchev–Trinajstić information content (AvgIpc) is 2.42. The van der Waals surface area contributed by atoms with Crippen LogP contribution in [0, 0.1) is 0 Å². The zero-order valence-corrected chi connectivity index (χ0v) is 18.3. The van der Waals surface area contributed by atoms with Gasteiger partial charge in [0.05, 0.1) is 0 Å².